The lowest BCUT2D eigenvalue weighted by molar-refractivity contribution is -0.117. The molecule has 1 N–H and O–H groups in total. The largest absolute Gasteiger partial charge is 0.493 e. The van der Waals surface area contributed by atoms with Crippen molar-refractivity contribution >= 4 is 46.4 Å². The number of halogens is 3. The molecule has 0 atom stereocenters. The first kappa shape index (κ1) is 20.1. The van der Waals surface area contributed by atoms with Crippen LogP contribution in [0.4, 0.5) is 5.69 Å². The molecule has 0 aliphatic carbocycles. The Hall–Kier alpha value is -1.66. The fourth-order valence-electron chi connectivity index (χ4n) is 3.09. The van der Waals surface area contributed by atoms with E-state index in [1.807, 2.05) is 12.1 Å². The van der Waals surface area contributed by atoms with Crippen molar-refractivity contribution in [2.45, 2.75) is 13.0 Å². The second kappa shape index (κ2) is 8.57. The number of anilines is 1. The van der Waals surface area contributed by atoms with Gasteiger partial charge in [-0.15, -0.1) is 0 Å². The highest BCUT2D eigenvalue weighted by atomic mass is 35.5. The number of methoxy groups -OCH3 is 2. The molecule has 3 rings (SSSR count). The third-order valence-corrected chi connectivity index (χ3v) is 5.48. The van der Waals surface area contributed by atoms with E-state index in [9.17, 15) is 4.79 Å². The van der Waals surface area contributed by atoms with Gasteiger partial charge in [0.1, 0.15) is 0 Å². The average molecular weight is 430 g/mol. The van der Waals surface area contributed by atoms with Crippen LogP contribution in [-0.2, 0) is 17.8 Å². The van der Waals surface area contributed by atoms with E-state index < -0.39 is 0 Å². The SMILES string of the molecule is COc1cc2c(cc1OC)CN(CC(=O)Nc1cc(Cl)c(Cl)cc1Cl)CC2. The molecule has 0 saturated carbocycles. The number of ether oxygens (including phenoxy) is 2. The van der Waals surface area contributed by atoms with E-state index in [-0.39, 0.29) is 12.5 Å². The van der Waals surface area contributed by atoms with E-state index >= 15 is 0 Å². The van der Waals surface area contributed by atoms with Crippen LogP contribution in [0.25, 0.3) is 0 Å². The summed E-state index contributed by atoms with van der Waals surface area (Å²) in [6, 6.07) is 7.03. The Labute approximate surface area is 173 Å². The van der Waals surface area contributed by atoms with Crippen molar-refractivity contribution in [3.05, 3.63) is 50.5 Å². The molecule has 144 valence electrons. The lowest BCUT2D eigenvalue weighted by atomic mass is 9.99. The molecule has 27 heavy (non-hydrogen) atoms. The van der Waals surface area contributed by atoms with Gasteiger partial charge in [-0.1, -0.05) is 34.8 Å². The Morgan fingerprint density at radius 2 is 1.63 bits per heavy atom. The van der Waals surface area contributed by atoms with Crippen molar-refractivity contribution in [1.29, 1.82) is 0 Å². The first-order valence-corrected chi connectivity index (χ1v) is 9.45. The summed E-state index contributed by atoms with van der Waals surface area (Å²) < 4.78 is 10.7. The van der Waals surface area contributed by atoms with Gasteiger partial charge in [-0.05, 0) is 41.8 Å². The van der Waals surface area contributed by atoms with Crippen molar-refractivity contribution in [2.75, 3.05) is 32.6 Å². The van der Waals surface area contributed by atoms with Gasteiger partial charge in [-0.25, -0.2) is 0 Å². The standard InChI is InChI=1S/C19H19Cl3N2O3/c1-26-17-5-11-3-4-24(9-12(11)6-18(17)27-2)10-19(25)23-16-8-14(21)13(20)7-15(16)22/h5-8H,3-4,9-10H2,1-2H3,(H,23,25). The summed E-state index contributed by atoms with van der Waals surface area (Å²) in [6.07, 6.45) is 0.830. The number of benzene rings is 2. The third kappa shape index (κ3) is 4.61. The molecular weight excluding hydrogens is 411 g/mol. The van der Waals surface area contributed by atoms with Crippen LogP contribution in [0, 0.1) is 0 Å². The van der Waals surface area contributed by atoms with Crippen LogP contribution in [0.1, 0.15) is 11.1 Å². The van der Waals surface area contributed by atoms with Crippen LogP contribution >= 0.6 is 34.8 Å². The van der Waals surface area contributed by atoms with Crippen molar-refractivity contribution in [1.82, 2.24) is 4.90 Å². The maximum Gasteiger partial charge on any atom is 0.238 e. The number of fused-ring (bicyclic) bond motifs is 1. The summed E-state index contributed by atoms with van der Waals surface area (Å²) in [5, 5.41) is 3.82. The first-order chi connectivity index (χ1) is 12.9. The lowest BCUT2D eigenvalue weighted by Gasteiger charge is -2.29. The molecule has 0 saturated heterocycles. The molecule has 0 fully saturated rings. The number of carbonyl (C=O) groups is 1. The monoisotopic (exact) mass is 428 g/mol. The molecule has 8 heteroatoms. The molecule has 0 bridgehead atoms. The summed E-state index contributed by atoms with van der Waals surface area (Å²) >= 11 is 18.0. The van der Waals surface area contributed by atoms with E-state index in [1.165, 1.54) is 11.6 Å². The molecule has 1 aliphatic heterocycles. The molecule has 0 aromatic heterocycles. The molecule has 1 amide bonds. The second-order valence-corrected chi connectivity index (χ2v) is 7.45. The van der Waals surface area contributed by atoms with Gasteiger partial charge >= 0.3 is 0 Å². The van der Waals surface area contributed by atoms with Gasteiger partial charge in [-0.3, -0.25) is 9.69 Å². The zero-order chi connectivity index (χ0) is 19.6. The Morgan fingerprint density at radius 1 is 1.00 bits per heavy atom. The Balaban J connectivity index is 1.67. The van der Waals surface area contributed by atoms with Crippen LogP contribution in [-0.4, -0.2) is 38.1 Å². The summed E-state index contributed by atoms with van der Waals surface area (Å²) in [7, 11) is 3.23. The van der Waals surface area contributed by atoms with Gasteiger partial charge in [0.2, 0.25) is 5.91 Å². The minimum atomic E-state index is -0.167. The highest BCUT2D eigenvalue weighted by Crippen LogP contribution is 2.34. The second-order valence-electron chi connectivity index (χ2n) is 6.23. The van der Waals surface area contributed by atoms with Gasteiger partial charge < -0.3 is 14.8 Å². The zero-order valence-corrected chi connectivity index (χ0v) is 17.2. The summed E-state index contributed by atoms with van der Waals surface area (Å²) in [6.45, 7) is 1.66. The van der Waals surface area contributed by atoms with Crippen LogP contribution in [0.2, 0.25) is 15.1 Å². The Bertz CT molecular complexity index is 874. The average Bonchev–Trinajstić information content (AvgIpc) is 2.64. The summed E-state index contributed by atoms with van der Waals surface area (Å²) in [5.41, 5.74) is 2.77. The fourth-order valence-corrected chi connectivity index (χ4v) is 3.68. The van der Waals surface area contributed by atoms with Crippen molar-refractivity contribution in [3.8, 4) is 11.5 Å². The van der Waals surface area contributed by atoms with Gasteiger partial charge in [0.05, 0.1) is 41.5 Å². The van der Waals surface area contributed by atoms with Gasteiger partial charge in [0.25, 0.3) is 0 Å². The number of rotatable bonds is 5. The van der Waals surface area contributed by atoms with E-state index in [1.54, 1.807) is 20.3 Å². The molecule has 2 aromatic carbocycles. The topological polar surface area (TPSA) is 50.8 Å². The Morgan fingerprint density at radius 3 is 2.30 bits per heavy atom. The fraction of sp³-hybridized carbons (Fsp3) is 0.316. The number of amides is 1. The maximum absolute atomic E-state index is 12.4. The van der Waals surface area contributed by atoms with Gasteiger partial charge in [0.15, 0.2) is 11.5 Å². The van der Waals surface area contributed by atoms with E-state index in [0.717, 1.165) is 24.3 Å². The van der Waals surface area contributed by atoms with Crippen LogP contribution in [0.3, 0.4) is 0 Å². The number of hydrogen-bond donors (Lipinski definition) is 1. The number of nitrogens with zero attached hydrogens (tertiary/aromatic N) is 1. The van der Waals surface area contributed by atoms with Crippen molar-refractivity contribution in [2.24, 2.45) is 0 Å². The van der Waals surface area contributed by atoms with E-state index in [2.05, 4.69) is 10.2 Å². The molecule has 0 unspecified atom stereocenters. The number of carbonyl (C=O) groups excluding carboxylic acids is 1. The number of nitrogens with one attached hydrogen (secondary N) is 1. The molecule has 0 radical (unpaired) electrons. The smallest absolute Gasteiger partial charge is 0.238 e. The van der Waals surface area contributed by atoms with Gasteiger partial charge in [-0.2, -0.15) is 0 Å². The van der Waals surface area contributed by atoms with Crippen LogP contribution in [0.5, 0.6) is 11.5 Å². The highest BCUT2D eigenvalue weighted by molar-refractivity contribution is 6.44. The minimum Gasteiger partial charge on any atom is -0.493 e. The molecule has 0 spiro atoms. The normalized spacial score (nSPS) is 13.8. The molecule has 2 aromatic rings. The van der Waals surface area contributed by atoms with Crippen molar-refractivity contribution in [3.63, 3.8) is 0 Å². The van der Waals surface area contributed by atoms with Gasteiger partial charge in [0, 0.05) is 13.1 Å². The molecular formula is C19H19Cl3N2O3. The minimum absolute atomic E-state index is 0.167. The van der Waals surface area contributed by atoms with Crippen molar-refractivity contribution < 1.29 is 14.3 Å². The van der Waals surface area contributed by atoms with Crippen LogP contribution < -0.4 is 14.8 Å². The molecule has 5 nitrogen and oxygen atoms in total. The first-order valence-electron chi connectivity index (χ1n) is 8.31. The summed E-state index contributed by atoms with van der Waals surface area (Å²) in [5.74, 6) is 1.24. The predicted octanol–water partition coefficient (Wildman–Crippen LogP) is 4.66. The number of hydrogen-bond acceptors (Lipinski definition) is 4. The van der Waals surface area contributed by atoms with E-state index in [0.29, 0.717) is 33.0 Å². The highest BCUT2D eigenvalue weighted by Gasteiger charge is 2.21. The zero-order valence-electron chi connectivity index (χ0n) is 14.9. The third-order valence-electron chi connectivity index (χ3n) is 4.45. The maximum atomic E-state index is 12.4. The van der Waals surface area contributed by atoms with Crippen LogP contribution in [0.15, 0.2) is 24.3 Å². The molecule has 1 aliphatic rings. The summed E-state index contributed by atoms with van der Waals surface area (Å²) in [4.78, 5) is 14.5. The van der Waals surface area contributed by atoms with E-state index in [4.69, 9.17) is 44.3 Å². The Kier molecular flexibility index (Phi) is 6.37. The molecule has 1 heterocycles. The lowest BCUT2D eigenvalue weighted by Crippen LogP contribution is -2.37. The predicted molar refractivity (Wildman–Crippen MR) is 109 cm³/mol. The quantitative estimate of drug-likeness (QED) is 0.702.